The number of hydrogen-bond donors (Lipinski definition) is 1. The Morgan fingerprint density at radius 2 is 1.81 bits per heavy atom. The average molecular weight is 299 g/mol. The number of aromatic nitrogens is 2. The number of aliphatic hydroxyl groups is 1. The number of halogens is 1. The van der Waals surface area contributed by atoms with E-state index in [9.17, 15) is 5.11 Å². The molecule has 3 rings (SSSR count). The molecule has 0 unspecified atom stereocenters. The summed E-state index contributed by atoms with van der Waals surface area (Å²) in [7, 11) is 0. The van der Waals surface area contributed by atoms with Gasteiger partial charge in [0.1, 0.15) is 0 Å². The van der Waals surface area contributed by atoms with E-state index < -0.39 is 0 Å². The first-order chi connectivity index (χ1) is 10.3. The van der Waals surface area contributed by atoms with E-state index in [0.29, 0.717) is 11.6 Å². The summed E-state index contributed by atoms with van der Waals surface area (Å²) in [5.74, 6) is 0. The van der Waals surface area contributed by atoms with E-state index in [2.05, 4.69) is 11.1 Å². The molecule has 0 aliphatic heterocycles. The minimum Gasteiger partial charge on any atom is -0.395 e. The highest BCUT2D eigenvalue weighted by Gasteiger charge is 2.11. The summed E-state index contributed by atoms with van der Waals surface area (Å²) in [5, 5.41) is 9.80. The van der Waals surface area contributed by atoms with Crippen LogP contribution in [0.4, 0.5) is 0 Å². The Balaban J connectivity index is 2.11. The van der Waals surface area contributed by atoms with E-state index >= 15 is 0 Å². The molecule has 106 valence electrons. The fraction of sp³-hybridized carbons (Fsp3) is 0.118. The molecule has 1 N–H and O–H groups in total. The first-order valence-electron chi connectivity index (χ1n) is 6.77. The van der Waals surface area contributed by atoms with E-state index in [-0.39, 0.29) is 6.61 Å². The molecule has 0 saturated carbocycles. The fourth-order valence-corrected chi connectivity index (χ4v) is 2.54. The van der Waals surface area contributed by atoms with Gasteiger partial charge in [0.2, 0.25) is 0 Å². The molecule has 2 heterocycles. The highest BCUT2D eigenvalue weighted by molar-refractivity contribution is 6.30. The zero-order chi connectivity index (χ0) is 14.7. The van der Waals surface area contributed by atoms with Gasteiger partial charge >= 0.3 is 0 Å². The third kappa shape index (κ3) is 2.84. The second kappa shape index (κ2) is 6.12. The average Bonchev–Trinajstić information content (AvgIpc) is 2.97. The molecule has 4 heteroatoms. The molecule has 3 nitrogen and oxygen atoms in total. The van der Waals surface area contributed by atoms with Crippen molar-refractivity contribution in [2.75, 3.05) is 6.61 Å². The summed E-state index contributed by atoms with van der Waals surface area (Å²) in [6.07, 6.45) is 3.62. The molecule has 0 bridgehead atoms. The number of rotatable bonds is 4. The number of nitrogens with zero attached hydrogens (tertiary/aromatic N) is 2. The van der Waals surface area contributed by atoms with Crippen LogP contribution in [0.25, 0.3) is 22.5 Å². The van der Waals surface area contributed by atoms with Crippen LogP contribution in [-0.2, 0) is 6.54 Å². The Hall–Kier alpha value is -2.10. The lowest BCUT2D eigenvalue weighted by atomic mass is 10.0. The van der Waals surface area contributed by atoms with E-state index in [1.807, 2.05) is 53.2 Å². The maximum atomic E-state index is 9.18. The molecule has 21 heavy (non-hydrogen) atoms. The molecule has 0 radical (unpaired) electrons. The highest BCUT2D eigenvalue weighted by Crippen LogP contribution is 2.31. The third-order valence-corrected chi connectivity index (χ3v) is 3.60. The smallest absolute Gasteiger partial charge is 0.0709 e. The summed E-state index contributed by atoms with van der Waals surface area (Å²) >= 11 is 5.91. The van der Waals surface area contributed by atoms with Crippen LogP contribution in [-0.4, -0.2) is 21.3 Å². The molecule has 0 fully saturated rings. The predicted octanol–water partition coefficient (Wildman–Crippen LogP) is 3.86. The van der Waals surface area contributed by atoms with Crippen LogP contribution in [0.5, 0.6) is 0 Å². The Kier molecular flexibility index (Phi) is 4.04. The van der Waals surface area contributed by atoms with E-state index in [1.165, 1.54) is 0 Å². The predicted molar refractivity (Wildman–Crippen MR) is 85.2 cm³/mol. The van der Waals surface area contributed by atoms with Crippen LogP contribution in [0.2, 0.25) is 5.02 Å². The van der Waals surface area contributed by atoms with Crippen LogP contribution in [0, 0.1) is 0 Å². The Morgan fingerprint density at radius 3 is 2.52 bits per heavy atom. The van der Waals surface area contributed by atoms with Gasteiger partial charge in [-0.05, 0) is 24.3 Å². The van der Waals surface area contributed by atoms with Crippen molar-refractivity contribution in [3.05, 3.63) is 65.9 Å². The third-order valence-electron chi connectivity index (χ3n) is 3.38. The standard InChI is InChI=1S/C17H15ClN2O/c18-13-7-8-16(19-12-13)14-4-1-2-5-15(14)17-6-3-9-20(17)10-11-21/h1-9,12,21H,10-11H2. The summed E-state index contributed by atoms with van der Waals surface area (Å²) < 4.78 is 2.04. The van der Waals surface area contributed by atoms with Crippen molar-refractivity contribution in [3.63, 3.8) is 0 Å². The Bertz CT molecular complexity index is 735. The quantitative estimate of drug-likeness (QED) is 0.794. The lowest BCUT2D eigenvalue weighted by Gasteiger charge is -2.12. The normalized spacial score (nSPS) is 10.8. The number of aliphatic hydroxyl groups excluding tert-OH is 1. The topological polar surface area (TPSA) is 38.0 Å². The zero-order valence-electron chi connectivity index (χ0n) is 11.4. The number of hydrogen-bond acceptors (Lipinski definition) is 2. The maximum absolute atomic E-state index is 9.18. The largest absolute Gasteiger partial charge is 0.395 e. The van der Waals surface area contributed by atoms with Crippen LogP contribution in [0.3, 0.4) is 0 Å². The molecular weight excluding hydrogens is 284 g/mol. The van der Waals surface area contributed by atoms with Crippen molar-refractivity contribution < 1.29 is 5.11 Å². The van der Waals surface area contributed by atoms with Gasteiger partial charge in [0.15, 0.2) is 0 Å². The summed E-state index contributed by atoms with van der Waals surface area (Å²) in [6.45, 7) is 0.688. The molecule has 0 atom stereocenters. The van der Waals surface area contributed by atoms with Crippen molar-refractivity contribution in [1.82, 2.24) is 9.55 Å². The summed E-state index contributed by atoms with van der Waals surface area (Å²) in [4.78, 5) is 4.40. The molecule has 0 aliphatic rings. The van der Waals surface area contributed by atoms with E-state index in [0.717, 1.165) is 22.5 Å². The van der Waals surface area contributed by atoms with Crippen molar-refractivity contribution in [1.29, 1.82) is 0 Å². The van der Waals surface area contributed by atoms with Gasteiger partial charge in [-0.15, -0.1) is 0 Å². The minimum atomic E-state index is 0.114. The van der Waals surface area contributed by atoms with E-state index in [1.54, 1.807) is 6.20 Å². The van der Waals surface area contributed by atoms with Crippen molar-refractivity contribution >= 4 is 11.6 Å². The van der Waals surface area contributed by atoms with Gasteiger partial charge in [-0.3, -0.25) is 4.98 Å². The van der Waals surface area contributed by atoms with Crippen LogP contribution in [0.1, 0.15) is 0 Å². The van der Waals surface area contributed by atoms with Gasteiger partial charge < -0.3 is 9.67 Å². The van der Waals surface area contributed by atoms with Crippen LogP contribution in [0.15, 0.2) is 60.9 Å². The summed E-state index contributed by atoms with van der Waals surface area (Å²) in [6, 6.07) is 15.9. The second-order valence-electron chi connectivity index (χ2n) is 4.72. The molecule has 2 aromatic heterocycles. The van der Waals surface area contributed by atoms with Gasteiger partial charge in [-0.1, -0.05) is 35.9 Å². The van der Waals surface area contributed by atoms with E-state index in [4.69, 9.17) is 11.6 Å². The summed E-state index contributed by atoms with van der Waals surface area (Å²) in [5.41, 5.74) is 4.08. The van der Waals surface area contributed by atoms with Gasteiger partial charge in [0, 0.05) is 35.8 Å². The highest BCUT2D eigenvalue weighted by atomic mass is 35.5. The van der Waals surface area contributed by atoms with Crippen molar-refractivity contribution in [2.24, 2.45) is 0 Å². The van der Waals surface area contributed by atoms with Crippen LogP contribution >= 0.6 is 11.6 Å². The van der Waals surface area contributed by atoms with Crippen LogP contribution < -0.4 is 0 Å². The molecular formula is C17H15ClN2O. The SMILES string of the molecule is OCCn1cccc1-c1ccccc1-c1ccc(Cl)cn1. The van der Waals surface area contributed by atoms with Crippen molar-refractivity contribution in [2.45, 2.75) is 6.54 Å². The monoisotopic (exact) mass is 298 g/mol. The van der Waals surface area contributed by atoms with Gasteiger partial charge in [0.25, 0.3) is 0 Å². The molecule has 0 amide bonds. The van der Waals surface area contributed by atoms with Gasteiger partial charge in [-0.2, -0.15) is 0 Å². The number of benzene rings is 1. The fourth-order valence-electron chi connectivity index (χ4n) is 2.43. The lowest BCUT2D eigenvalue weighted by molar-refractivity contribution is 0.277. The molecule has 1 aromatic carbocycles. The first kappa shape index (κ1) is 13.9. The minimum absolute atomic E-state index is 0.114. The van der Waals surface area contributed by atoms with Gasteiger partial charge in [-0.25, -0.2) is 0 Å². The molecule has 0 spiro atoms. The molecule has 3 aromatic rings. The van der Waals surface area contributed by atoms with Gasteiger partial charge in [0.05, 0.1) is 17.3 Å². The number of pyridine rings is 1. The Morgan fingerprint density at radius 1 is 1.00 bits per heavy atom. The zero-order valence-corrected chi connectivity index (χ0v) is 12.2. The second-order valence-corrected chi connectivity index (χ2v) is 5.15. The maximum Gasteiger partial charge on any atom is 0.0709 e. The first-order valence-corrected chi connectivity index (χ1v) is 7.15. The molecule has 0 aliphatic carbocycles. The van der Waals surface area contributed by atoms with Crippen molar-refractivity contribution in [3.8, 4) is 22.5 Å². The Labute approximate surface area is 128 Å². The lowest BCUT2D eigenvalue weighted by Crippen LogP contribution is -2.02. The molecule has 0 saturated heterocycles.